The van der Waals surface area contributed by atoms with Crippen LogP contribution in [-0.2, 0) is 17.7 Å². The number of benzene rings is 3. The van der Waals surface area contributed by atoms with Gasteiger partial charge in [-0.05, 0) is 74.2 Å². The van der Waals surface area contributed by atoms with E-state index in [4.69, 9.17) is 9.47 Å². The Morgan fingerprint density at radius 3 is 2.40 bits per heavy atom. The monoisotopic (exact) mass is 403 g/mol. The molecule has 1 N–H and O–H groups in total. The van der Waals surface area contributed by atoms with Crippen LogP contribution in [0.1, 0.15) is 39.0 Å². The van der Waals surface area contributed by atoms with Gasteiger partial charge in [0.15, 0.2) is 0 Å². The Labute approximate surface area is 178 Å². The number of esters is 1. The molecule has 0 fully saturated rings. The second-order valence-corrected chi connectivity index (χ2v) is 7.51. The minimum Gasteiger partial charge on any atom is -0.465 e. The third kappa shape index (κ3) is 6.19. The molecule has 4 nitrogen and oxygen atoms in total. The van der Waals surface area contributed by atoms with Crippen molar-refractivity contribution in [2.75, 3.05) is 13.7 Å². The summed E-state index contributed by atoms with van der Waals surface area (Å²) in [6.45, 7) is 5.87. The SMILES string of the molecule is COC(=O)c1ccc(C)cc1Oc1ccc(CNCCCc2cccc(C)c2)cc1. The summed E-state index contributed by atoms with van der Waals surface area (Å²) >= 11 is 0. The van der Waals surface area contributed by atoms with E-state index in [2.05, 4.69) is 36.5 Å². The molecule has 156 valence electrons. The number of carbonyl (C=O) groups excluding carboxylic acids is 1. The zero-order valence-corrected chi connectivity index (χ0v) is 17.9. The Kier molecular flexibility index (Phi) is 7.63. The van der Waals surface area contributed by atoms with Gasteiger partial charge in [0.2, 0.25) is 0 Å². The molecule has 0 spiro atoms. The summed E-state index contributed by atoms with van der Waals surface area (Å²) in [5.74, 6) is 0.786. The van der Waals surface area contributed by atoms with E-state index in [1.807, 2.05) is 43.3 Å². The van der Waals surface area contributed by atoms with Gasteiger partial charge in [0, 0.05) is 6.54 Å². The van der Waals surface area contributed by atoms with Crippen molar-refractivity contribution in [1.29, 1.82) is 0 Å². The maximum Gasteiger partial charge on any atom is 0.341 e. The van der Waals surface area contributed by atoms with Gasteiger partial charge < -0.3 is 14.8 Å². The first-order valence-corrected chi connectivity index (χ1v) is 10.3. The van der Waals surface area contributed by atoms with E-state index in [1.54, 1.807) is 6.07 Å². The van der Waals surface area contributed by atoms with Crippen molar-refractivity contribution >= 4 is 5.97 Å². The number of methoxy groups -OCH3 is 1. The molecule has 4 heteroatoms. The first-order valence-electron chi connectivity index (χ1n) is 10.3. The van der Waals surface area contributed by atoms with Gasteiger partial charge in [-0.2, -0.15) is 0 Å². The zero-order chi connectivity index (χ0) is 21.3. The lowest BCUT2D eigenvalue weighted by Crippen LogP contribution is -2.15. The molecule has 0 saturated heterocycles. The van der Waals surface area contributed by atoms with Crippen LogP contribution in [0.3, 0.4) is 0 Å². The summed E-state index contributed by atoms with van der Waals surface area (Å²) in [4.78, 5) is 12.0. The largest absolute Gasteiger partial charge is 0.465 e. The molecule has 3 aromatic rings. The predicted octanol–water partition coefficient (Wildman–Crippen LogP) is 5.60. The smallest absolute Gasteiger partial charge is 0.341 e. The van der Waals surface area contributed by atoms with Crippen molar-refractivity contribution in [2.45, 2.75) is 33.2 Å². The highest BCUT2D eigenvalue weighted by molar-refractivity contribution is 5.92. The maximum atomic E-state index is 12.0. The number of ether oxygens (including phenoxy) is 2. The fourth-order valence-corrected chi connectivity index (χ4v) is 3.31. The molecule has 0 unspecified atom stereocenters. The zero-order valence-electron chi connectivity index (χ0n) is 17.9. The van der Waals surface area contributed by atoms with E-state index < -0.39 is 5.97 Å². The number of hydrogen-bond acceptors (Lipinski definition) is 4. The van der Waals surface area contributed by atoms with E-state index in [1.165, 1.54) is 23.8 Å². The molecule has 0 aromatic heterocycles. The average Bonchev–Trinajstić information content (AvgIpc) is 2.74. The van der Waals surface area contributed by atoms with Crippen molar-refractivity contribution in [3.05, 3.63) is 94.5 Å². The van der Waals surface area contributed by atoms with E-state index in [9.17, 15) is 4.79 Å². The summed E-state index contributed by atoms with van der Waals surface area (Å²) in [6, 6.07) is 22.0. The Morgan fingerprint density at radius 1 is 0.900 bits per heavy atom. The number of carbonyl (C=O) groups is 1. The molecule has 0 saturated carbocycles. The van der Waals surface area contributed by atoms with Crippen LogP contribution < -0.4 is 10.1 Å². The Hall–Kier alpha value is -3.11. The third-order valence-electron chi connectivity index (χ3n) is 4.92. The van der Waals surface area contributed by atoms with E-state index >= 15 is 0 Å². The first kappa shape index (κ1) is 21.6. The van der Waals surface area contributed by atoms with E-state index in [0.717, 1.165) is 31.5 Å². The second kappa shape index (κ2) is 10.6. The van der Waals surface area contributed by atoms with E-state index in [0.29, 0.717) is 17.1 Å². The minimum atomic E-state index is -0.406. The predicted molar refractivity (Wildman–Crippen MR) is 120 cm³/mol. The molecule has 3 aromatic carbocycles. The van der Waals surface area contributed by atoms with Crippen molar-refractivity contribution in [1.82, 2.24) is 5.32 Å². The molecular weight excluding hydrogens is 374 g/mol. The highest BCUT2D eigenvalue weighted by Gasteiger charge is 2.14. The van der Waals surface area contributed by atoms with E-state index in [-0.39, 0.29) is 0 Å². The summed E-state index contributed by atoms with van der Waals surface area (Å²) in [6.07, 6.45) is 2.19. The quantitative estimate of drug-likeness (QED) is 0.373. The molecule has 0 atom stereocenters. The van der Waals surface area contributed by atoms with Crippen molar-refractivity contribution in [3.63, 3.8) is 0 Å². The molecule has 0 aliphatic heterocycles. The minimum absolute atomic E-state index is 0.406. The fraction of sp³-hybridized carbons (Fsp3) is 0.269. The van der Waals surface area contributed by atoms with Crippen molar-refractivity contribution in [2.24, 2.45) is 0 Å². The Morgan fingerprint density at radius 2 is 1.67 bits per heavy atom. The molecule has 0 amide bonds. The highest BCUT2D eigenvalue weighted by atomic mass is 16.5. The van der Waals surface area contributed by atoms with Gasteiger partial charge in [0.05, 0.1) is 7.11 Å². The first-order chi connectivity index (χ1) is 14.5. The normalized spacial score (nSPS) is 10.6. The fourth-order valence-electron chi connectivity index (χ4n) is 3.31. The topological polar surface area (TPSA) is 47.6 Å². The van der Waals surface area contributed by atoms with Crippen LogP contribution in [0.15, 0.2) is 66.7 Å². The molecule has 0 heterocycles. The Balaban J connectivity index is 1.49. The van der Waals surface area contributed by atoms with Crippen LogP contribution in [0.5, 0.6) is 11.5 Å². The lowest BCUT2D eigenvalue weighted by atomic mass is 10.1. The van der Waals surface area contributed by atoms with Gasteiger partial charge in [-0.1, -0.05) is 48.0 Å². The number of hydrogen-bond donors (Lipinski definition) is 1. The van der Waals surface area contributed by atoms with Crippen molar-refractivity contribution in [3.8, 4) is 11.5 Å². The lowest BCUT2D eigenvalue weighted by molar-refractivity contribution is 0.0598. The number of rotatable bonds is 9. The molecule has 3 rings (SSSR count). The standard InChI is InChI=1S/C26H29NO3/c1-19-6-4-7-21(16-19)8-5-15-27-18-22-10-12-23(13-11-22)30-25-17-20(2)9-14-24(25)26(28)29-3/h4,6-7,9-14,16-17,27H,5,8,15,18H2,1-3H3. The second-order valence-electron chi connectivity index (χ2n) is 7.51. The highest BCUT2D eigenvalue weighted by Crippen LogP contribution is 2.27. The molecule has 30 heavy (non-hydrogen) atoms. The summed E-state index contributed by atoms with van der Waals surface area (Å²) in [5.41, 5.74) is 5.33. The van der Waals surface area contributed by atoms with Gasteiger partial charge in [-0.15, -0.1) is 0 Å². The van der Waals surface area contributed by atoms with Crippen LogP contribution in [0.2, 0.25) is 0 Å². The Bertz CT molecular complexity index is 980. The summed E-state index contributed by atoms with van der Waals surface area (Å²) in [5, 5.41) is 3.49. The van der Waals surface area contributed by atoms with Crippen LogP contribution in [0.4, 0.5) is 0 Å². The van der Waals surface area contributed by atoms with Gasteiger partial charge in [-0.3, -0.25) is 0 Å². The van der Waals surface area contributed by atoms with Gasteiger partial charge in [0.1, 0.15) is 17.1 Å². The van der Waals surface area contributed by atoms with Crippen LogP contribution in [0.25, 0.3) is 0 Å². The third-order valence-corrected chi connectivity index (χ3v) is 4.92. The van der Waals surface area contributed by atoms with Crippen LogP contribution in [0, 0.1) is 13.8 Å². The summed E-state index contributed by atoms with van der Waals surface area (Å²) in [7, 11) is 1.37. The molecule has 0 aliphatic rings. The van der Waals surface area contributed by atoms with Crippen LogP contribution >= 0.6 is 0 Å². The molecule has 0 bridgehead atoms. The van der Waals surface area contributed by atoms with Crippen molar-refractivity contribution < 1.29 is 14.3 Å². The molecule has 0 radical (unpaired) electrons. The number of nitrogens with one attached hydrogen (secondary N) is 1. The number of aryl methyl sites for hydroxylation is 3. The molecule has 0 aliphatic carbocycles. The van der Waals surface area contributed by atoms with Gasteiger partial charge in [0.25, 0.3) is 0 Å². The van der Waals surface area contributed by atoms with Crippen LogP contribution in [-0.4, -0.2) is 19.6 Å². The lowest BCUT2D eigenvalue weighted by Gasteiger charge is -2.11. The van der Waals surface area contributed by atoms with Gasteiger partial charge in [-0.25, -0.2) is 4.79 Å². The summed E-state index contributed by atoms with van der Waals surface area (Å²) < 4.78 is 10.8. The molecular formula is C26H29NO3. The maximum absolute atomic E-state index is 12.0. The average molecular weight is 404 g/mol. The van der Waals surface area contributed by atoms with Gasteiger partial charge >= 0.3 is 5.97 Å².